The number of aliphatic hydroxyl groups excluding tert-OH is 4. The monoisotopic (exact) mass is 215 g/mol. The molecule has 2 unspecified atom stereocenters. The first-order chi connectivity index (χ1) is 5.57. The molecule has 1 aliphatic rings. The van der Waals surface area contributed by atoms with Gasteiger partial charge in [0.2, 0.25) is 0 Å². The lowest BCUT2D eigenvalue weighted by Crippen LogP contribution is -2.61. The van der Waals surface area contributed by atoms with E-state index >= 15 is 0 Å². The second-order valence-corrected chi connectivity index (χ2v) is 2.81. The zero-order chi connectivity index (χ0) is 9.30. The summed E-state index contributed by atoms with van der Waals surface area (Å²) in [6.07, 6.45) is -4.85. The summed E-state index contributed by atoms with van der Waals surface area (Å²) < 4.78 is 4.70. The van der Waals surface area contributed by atoms with Gasteiger partial charge in [-0.2, -0.15) is 0 Å². The maximum Gasteiger partial charge on any atom is 0.173 e. The summed E-state index contributed by atoms with van der Waals surface area (Å²) in [6.45, 7) is -0.470. The molecule has 5 atom stereocenters. The summed E-state index contributed by atoms with van der Waals surface area (Å²) in [5, 5.41) is 36.1. The van der Waals surface area contributed by atoms with Crippen LogP contribution in [0.4, 0.5) is 0 Å². The third kappa shape index (κ3) is 2.50. The summed E-state index contributed by atoms with van der Waals surface area (Å²) in [4.78, 5) is 0. The van der Waals surface area contributed by atoms with Gasteiger partial charge in [-0.1, -0.05) is 0 Å². The van der Waals surface area contributed by atoms with Crippen LogP contribution < -0.4 is 5.73 Å². The lowest BCUT2D eigenvalue weighted by atomic mass is 9.98. The van der Waals surface area contributed by atoms with Gasteiger partial charge in [-0.15, -0.1) is 12.4 Å². The van der Waals surface area contributed by atoms with Crippen LogP contribution in [0.2, 0.25) is 0 Å². The predicted octanol–water partition coefficient (Wildman–Crippen LogP) is -2.83. The minimum absolute atomic E-state index is 0. The van der Waals surface area contributed by atoms with E-state index in [9.17, 15) is 10.2 Å². The number of halogens is 1. The number of rotatable bonds is 1. The summed E-state index contributed by atoms with van der Waals surface area (Å²) in [7, 11) is 0. The molecule has 0 aliphatic carbocycles. The summed E-state index contributed by atoms with van der Waals surface area (Å²) in [5.41, 5.74) is 5.26. The smallest absolute Gasteiger partial charge is 0.173 e. The van der Waals surface area contributed by atoms with Crippen LogP contribution in [0.1, 0.15) is 0 Å². The molecule has 1 rings (SSSR count). The van der Waals surface area contributed by atoms with Crippen LogP contribution in [0.25, 0.3) is 0 Å². The Morgan fingerprint density at radius 3 is 2.15 bits per heavy atom. The van der Waals surface area contributed by atoms with Gasteiger partial charge in [-0.3, -0.25) is 0 Å². The average molecular weight is 216 g/mol. The molecule has 1 saturated heterocycles. The Morgan fingerprint density at radius 2 is 1.69 bits per heavy atom. The molecule has 7 heteroatoms. The van der Waals surface area contributed by atoms with Crippen LogP contribution in [0.5, 0.6) is 0 Å². The van der Waals surface area contributed by atoms with E-state index in [4.69, 9.17) is 20.7 Å². The van der Waals surface area contributed by atoms with Crippen molar-refractivity contribution in [1.82, 2.24) is 0 Å². The highest BCUT2D eigenvalue weighted by Gasteiger charge is 2.41. The molecule has 0 radical (unpaired) electrons. The van der Waals surface area contributed by atoms with E-state index in [0.717, 1.165) is 0 Å². The second-order valence-electron chi connectivity index (χ2n) is 2.81. The van der Waals surface area contributed by atoms with Crippen LogP contribution in [0, 0.1) is 0 Å². The topological polar surface area (TPSA) is 116 Å². The molecule has 0 spiro atoms. The third-order valence-corrected chi connectivity index (χ3v) is 1.95. The average Bonchev–Trinajstić information content (AvgIpc) is 2.08. The highest BCUT2D eigenvalue weighted by atomic mass is 35.5. The van der Waals surface area contributed by atoms with Crippen molar-refractivity contribution < 1.29 is 25.2 Å². The summed E-state index contributed by atoms with van der Waals surface area (Å²) in [5.74, 6) is 0. The van der Waals surface area contributed by atoms with Crippen molar-refractivity contribution in [1.29, 1.82) is 0 Å². The van der Waals surface area contributed by atoms with Gasteiger partial charge in [0.05, 0.1) is 12.6 Å². The molecule has 0 bridgehead atoms. The van der Waals surface area contributed by atoms with Crippen LogP contribution >= 0.6 is 12.4 Å². The lowest BCUT2D eigenvalue weighted by molar-refractivity contribution is -0.248. The number of hydrogen-bond acceptors (Lipinski definition) is 6. The van der Waals surface area contributed by atoms with Gasteiger partial charge in [0.25, 0.3) is 0 Å². The van der Waals surface area contributed by atoms with E-state index in [0.29, 0.717) is 0 Å². The van der Waals surface area contributed by atoms with E-state index < -0.39 is 37.3 Å². The van der Waals surface area contributed by atoms with E-state index in [2.05, 4.69) is 0 Å². The number of nitrogens with two attached hydrogens (primary N) is 1. The van der Waals surface area contributed by atoms with Crippen molar-refractivity contribution >= 4 is 12.4 Å². The zero-order valence-electron chi connectivity index (χ0n) is 6.78. The quantitative estimate of drug-likeness (QED) is 0.322. The molecular formula is C6H14ClNO5. The fourth-order valence-corrected chi connectivity index (χ4v) is 1.12. The molecule has 0 saturated carbocycles. The maximum atomic E-state index is 9.20. The lowest BCUT2D eigenvalue weighted by Gasteiger charge is -2.38. The van der Waals surface area contributed by atoms with E-state index in [1.807, 2.05) is 0 Å². The molecular weight excluding hydrogens is 202 g/mol. The molecule has 1 aliphatic heterocycles. The van der Waals surface area contributed by atoms with Crippen molar-refractivity contribution in [3.05, 3.63) is 0 Å². The van der Waals surface area contributed by atoms with Gasteiger partial charge in [0.15, 0.2) is 6.29 Å². The molecule has 6 nitrogen and oxygen atoms in total. The van der Waals surface area contributed by atoms with Crippen LogP contribution in [0.3, 0.4) is 0 Å². The van der Waals surface area contributed by atoms with Gasteiger partial charge >= 0.3 is 0 Å². The van der Waals surface area contributed by atoms with Crippen LogP contribution in [-0.4, -0.2) is 57.7 Å². The normalized spacial score (nSPS) is 45.5. The van der Waals surface area contributed by atoms with E-state index in [1.165, 1.54) is 0 Å². The number of ether oxygens (including phenoxy) is 1. The van der Waals surface area contributed by atoms with Crippen molar-refractivity contribution in [3.63, 3.8) is 0 Å². The Balaban J connectivity index is 0.00000144. The van der Waals surface area contributed by atoms with Crippen molar-refractivity contribution in [2.75, 3.05) is 6.61 Å². The first-order valence-electron chi connectivity index (χ1n) is 3.64. The predicted molar refractivity (Wildman–Crippen MR) is 45.2 cm³/mol. The SMILES string of the molecule is Cl.N[C@H]1C(O)OC(CO)[C@@H](O)[C@@H]1O. The molecule has 13 heavy (non-hydrogen) atoms. The van der Waals surface area contributed by atoms with Gasteiger partial charge in [-0.25, -0.2) is 0 Å². The first kappa shape index (κ1) is 13.1. The Kier molecular flexibility index (Phi) is 5.08. The fraction of sp³-hybridized carbons (Fsp3) is 1.00. The molecule has 0 aromatic heterocycles. The summed E-state index contributed by atoms with van der Waals surface area (Å²) >= 11 is 0. The highest BCUT2D eigenvalue weighted by Crippen LogP contribution is 2.17. The van der Waals surface area contributed by atoms with E-state index in [1.54, 1.807) is 0 Å². The van der Waals surface area contributed by atoms with Crippen LogP contribution in [0.15, 0.2) is 0 Å². The van der Waals surface area contributed by atoms with Gasteiger partial charge < -0.3 is 30.9 Å². The van der Waals surface area contributed by atoms with Gasteiger partial charge in [-0.05, 0) is 0 Å². The zero-order valence-corrected chi connectivity index (χ0v) is 7.59. The standard InChI is InChI=1S/C6H13NO5.ClH/c7-3-5(10)4(9)2(1-8)12-6(3)11;/h2-6,8-11H,1,7H2;1H/t2?,3-,4-,5-,6?;/m1./s1. The maximum absolute atomic E-state index is 9.20. The largest absolute Gasteiger partial charge is 0.394 e. The molecule has 1 fully saturated rings. The molecule has 80 valence electrons. The minimum Gasteiger partial charge on any atom is -0.394 e. The van der Waals surface area contributed by atoms with Crippen molar-refractivity contribution in [2.45, 2.75) is 30.6 Å². The Bertz CT molecular complexity index is 155. The first-order valence-corrected chi connectivity index (χ1v) is 3.64. The van der Waals surface area contributed by atoms with Crippen molar-refractivity contribution in [3.8, 4) is 0 Å². The number of hydrogen-bond donors (Lipinski definition) is 5. The minimum atomic E-state index is -1.35. The highest BCUT2D eigenvalue weighted by molar-refractivity contribution is 5.85. The van der Waals surface area contributed by atoms with Gasteiger partial charge in [0.1, 0.15) is 18.3 Å². The van der Waals surface area contributed by atoms with E-state index in [-0.39, 0.29) is 12.4 Å². The Labute approximate surface area is 81.3 Å². The third-order valence-electron chi connectivity index (χ3n) is 1.95. The molecule has 1 heterocycles. The molecule has 0 aromatic rings. The van der Waals surface area contributed by atoms with Crippen LogP contribution in [-0.2, 0) is 4.74 Å². The second kappa shape index (κ2) is 5.06. The fourth-order valence-electron chi connectivity index (χ4n) is 1.12. The molecule has 0 aromatic carbocycles. The Morgan fingerprint density at radius 1 is 1.15 bits per heavy atom. The Hall–Kier alpha value is 0.0500. The van der Waals surface area contributed by atoms with Crippen molar-refractivity contribution in [2.24, 2.45) is 5.73 Å². The summed E-state index contributed by atoms with van der Waals surface area (Å²) in [6, 6.07) is -1.04. The number of aliphatic hydroxyl groups is 4. The van der Waals surface area contributed by atoms with Gasteiger partial charge in [0, 0.05) is 0 Å². The molecule has 6 N–H and O–H groups in total. The molecule has 0 amide bonds.